The van der Waals surface area contributed by atoms with Crippen molar-refractivity contribution in [1.29, 1.82) is 0 Å². The summed E-state index contributed by atoms with van der Waals surface area (Å²) in [5, 5.41) is 7.50. The maximum Gasteiger partial charge on any atom is 0.142 e. The van der Waals surface area contributed by atoms with E-state index in [9.17, 15) is 0 Å². The number of hydrogen-bond donors (Lipinski definition) is 1. The zero-order valence-electron chi connectivity index (χ0n) is 5.83. The summed E-state index contributed by atoms with van der Waals surface area (Å²) >= 11 is 4.72. The lowest BCUT2D eigenvalue weighted by Crippen LogP contribution is -2.11. The number of rotatable bonds is 1. The largest absolute Gasteiger partial charge is 0.388 e. The Bertz CT molecular complexity index is 265. The molecule has 0 aromatic carbocycles. The molecule has 0 aliphatic carbocycles. The average Bonchev–Trinajstić information content (AvgIpc) is 2.14. The third-order valence-electron chi connectivity index (χ3n) is 1.34. The highest BCUT2D eigenvalue weighted by Crippen LogP contribution is 1.99. The molecule has 0 saturated carbocycles. The summed E-state index contributed by atoms with van der Waals surface area (Å²) in [4.78, 5) is 0.297. The van der Waals surface area contributed by atoms with Crippen LogP contribution in [0.15, 0.2) is 0 Å². The van der Waals surface area contributed by atoms with Crippen LogP contribution in [0.1, 0.15) is 11.4 Å². The summed E-state index contributed by atoms with van der Waals surface area (Å²) < 4.78 is 1.63. The molecule has 1 aromatic heterocycles. The Morgan fingerprint density at radius 3 is 2.50 bits per heavy atom. The van der Waals surface area contributed by atoms with Crippen LogP contribution < -0.4 is 5.73 Å². The molecular weight excluding hydrogens is 148 g/mol. The number of nitrogens with two attached hydrogens (primary N) is 1. The van der Waals surface area contributed by atoms with Crippen LogP contribution in [-0.2, 0) is 7.05 Å². The summed E-state index contributed by atoms with van der Waals surface area (Å²) in [5.74, 6) is 0. The summed E-state index contributed by atoms with van der Waals surface area (Å²) in [6.45, 7) is 1.87. The normalized spacial score (nSPS) is 9.80. The smallest absolute Gasteiger partial charge is 0.142 e. The highest BCUT2D eigenvalue weighted by molar-refractivity contribution is 7.80. The van der Waals surface area contributed by atoms with Crippen molar-refractivity contribution in [2.45, 2.75) is 6.92 Å². The summed E-state index contributed by atoms with van der Waals surface area (Å²) in [6.07, 6.45) is 0. The van der Waals surface area contributed by atoms with Crippen molar-refractivity contribution in [1.82, 2.24) is 15.0 Å². The maximum absolute atomic E-state index is 5.34. The number of nitrogens with zero attached hydrogens (tertiary/aromatic N) is 3. The molecule has 0 saturated heterocycles. The van der Waals surface area contributed by atoms with Gasteiger partial charge < -0.3 is 5.73 Å². The summed E-state index contributed by atoms with van der Waals surface area (Å²) in [5.41, 5.74) is 6.85. The number of hydrogen-bond acceptors (Lipinski definition) is 3. The van der Waals surface area contributed by atoms with Gasteiger partial charge in [0, 0.05) is 7.05 Å². The number of aryl methyl sites for hydroxylation is 1. The van der Waals surface area contributed by atoms with Crippen molar-refractivity contribution < 1.29 is 0 Å². The fourth-order valence-electron chi connectivity index (χ4n) is 0.632. The Balaban J connectivity index is 3.17. The minimum atomic E-state index is 0.297. The van der Waals surface area contributed by atoms with Gasteiger partial charge in [-0.3, -0.25) is 4.68 Å². The second-order valence-electron chi connectivity index (χ2n) is 2.01. The van der Waals surface area contributed by atoms with Gasteiger partial charge in [0.25, 0.3) is 0 Å². The first kappa shape index (κ1) is 7.14. The van der Waals surface area contributed by atoms with Crippen LogP contribution in [0.3, 0.4) is 0 Å². The van der Waals surface area contributed by atoms with Gasteiger partial charge in [-0.1, -0.05) is 17.4 Å². The zero-order chi connectivity index (χ0) is 7.72. The molecule has 0 unspecified atom stereocenters. The molecule has 1 rings (SSSR count). The van der Waals surface area contributed by atoms with E-state index in [1.165, 1.54) is 0 Å². The van der Waals surface area contributed by atoms with Crippen LogP contribution in [0.5, 0.6) is 0 Å². The number of thiocarbonyl (C=S) groups is 1. The topological polar surface area (TPSA) is 56.7 Å². The van der Waals surface area contributed by atoms with Gasteiger partial charge in [-0.25, -0.2) is 0 Å². The molecule has 0 spiro atoms. The van der Waals surface area contributed by atoms with Gasteiger partial charge in [0.15, 0.2) is 0 Å². The van der Waals surface area contributed by atoms with E-state index >= 15 is 0 Å². The molecule has 0 bridgehead atoms. The fourth-order valence-corrected chi connectivity index (χ4v) is 0.821. The Hall–Kier alpha value is -0.970. The van der Waals surface area contributed by atoms with E-state index in [0.29, 0.717) is 10.7 Å². The average molecular weight is 156 g/mol. The Labute approximate surface area is 64.0 Å². The molecule has 5 heteroatoms. The van der Waals surface area contributed by atoms with Gasteiger partial charge in [0.05, 0.1) is 5.69 Å². The van der Waals surface area contributed by atoms with Gasteiger partial charge in [-0.15, -0.1) is 5.10 Å². The molecule has 2 N–H and O–H groups in total. The first-order chi connectivity index (χ1) is 4.63. The van der Waals surface area contributed by atoms with E-state index in [1.807, 2.05) is 6.92 Å². The first-order valence-electron chi connectivity index (χ1n) is 2.79. The summed E-state index contributed by atoms with van der Waals surface area (Å²) in [6, 6.07) is 0. The molecule has 0 aliphatic rings. The van der Waals surface area contributed by atoms with Gasteiger partial charge in [-0.2, -0.15) is 0 Å². The van der Waals surface area contributed by atoms with Crippen LogP contribution in [0.2, 0.25) is 0 Å². The highest BCUT2D eigenvalue weighted by Gasteiger charge is 2.06. The van der Waals surface area contributed by atoms with Gasteiger partial charge in [0.2, 0.25) is 0 Å². The first-order valence-corrected chi connectivity index (χ1v) is 3.20. The molecule has 0 aliphatic heterocycles. The standard InChI is InChI=1S/C5H8N4S/c1-3-4(5(6)10)7-8-9(3)2/h1-2H3,(H2,6,10). The van der Waals surface area contributed by atoms with Crippen LogP contribution in [0, 0.1) is 6.92 Å². The maximum atomic E-state index is 5.34. The third-order valence-corrected chi connectivity index (χ3v) is 1.53. The molecule has 54 valence electrons. The molecule has 4 nitrogen and oxygen atoms in total. The van der Waals surface area contributed by atoms with Crippen molar-refractivity contribution in [3.63, 3.8) is 0 Å². The van der Waals surface area contributed by atoms with Crippen LogP contribution >= 0.6 is 12.2 Å². The van der Waals surface area contributed by atoms with E-state index in [-0.39, 0.29) is 0 Å². The van der Waals surface area contributed by atoms with E-state index in [2.05, 4.69) is 10.3 Å². The predicted octanol–water partition coefficient (Wildman–Crippen LogP) is -0.242. The van der Waals surface area contributed by atoms with Crippen molar-refractivity contribution in [3.8, 4) is 0 Å². The molecular formula is C5H8N4S. The van der Waals surface area contributed by atoms with E-state index in [4.69, 9.17) is 18.0 Å². The third kappa shape index (κ3) is 0.995. The lowest BCUT2D eigenvalue weighted by Gasteiger charge is -1.92. The van der Waals surface area contributed by atoms with E-state index in [1.54, 1.807) is 11.7 Å². The second kappa shape index (κ2) is 2.34. The zero-order valence-corrected chi connectivity index (χ0v) is 6.64. The van der Waals surface area contributed by atoms with Crippen molar-refractivity contribution in [2.24, 2.45) is 12.8 Å². The van der Waals surface area contributed by atoms with Crippen molar-refractivity contribution >= 4 is 17.2 Å². The van der Waals surface area contributed by atoms with Crippen molar-refractivity contribution in [2.75, 3.05) is 0 Å². The quantitative estimate of drug-likeness (QED) is 0.570. The molecule has 10 heavy (non-hydrogen) atoms. The Morgan fingerprint density at radius 2 is 2.30 bits per heavy atom. The number of aromatic nitrogens is 3. The van der Waals surface area contributed by atoms with Crippen LogP contribution in [0.25, 0.3) is 0 Å². The molecule has 0 fully saturated rings. The van der Waals surface area contributed by atoms with E-state index < -0.39 is 0 Å². The minimum absolute atomic E-state index is 0.297. The predicted molar refractivity (Wildman–Crippen MR) is 41.6 cm³/mol. The lowest BCUT2D eigenvalue weighted by molar-refractivity contribution is 0.696. The Kier molecular flexibility index (Phi) is 1.67. The van der Waals surface area contributed by atoms with Gasteiger partial charge >= 0.3 is 0 Å². The minimum Gasteiger partial charge on any atom is -0.388 e. The molecule has 0 atom stereocenters. The van der Waals surface area contributed by atoms with Gasteiger partial charge in [-0.05, 0) is 6.92 Å². The second-order valence-corrected chi connectivity index (χ2v) is 2.45. The molecule has 1 aromatic rings. The molecule has 1 heterocycles. The molecule has 0 radical (unpaired) electrons. The summed E-state index contributed by atoms with van der Waals surface area (Å²) in [7, 11) is 1.80. The monoisotopic (exact) mass is 156 g/mol. The SMILES string of the molecule is Cc1c(C(N)=S)nnn1C. The van der Waals surface area contributed by atoms with E-state index in [0.717, 1.165) is 5.69 Å². The van der Waals surface area contributed by atoms with Crippen molar-refractivity contribution in [3.05, 3.63) is 11.4 Å². The fraction of sp³-hybridized carbons (Fsp3) is 0.400. The molecule has 0 amide bonds. The lowest BCUT2D eigenvalue weighted by atomic mass is 10.3. The van der Waals surface area contributed by atoms with Crippen LogP contribution in [-0.4, -0.2) is 20.0 Å². The van der Waals surface area contributed by atoms with Gasteiger partial charge in [0.1, 0.15) is 10.7 Å². The van der Waals surface area contributed by atoms with Crippen LogP contribution in [0.4, 0.5) is 0 Å². The Morgan fingerprint density at radius 1 is 1.70 bits per heavy atom. The highest BCUT2D eigenvalue weighted by atomic mass is 32.1.